The highest BCUT2D eigenvalue weighted by atomic mass is 16.3. The molecule has 3 amide bonds. The number of carbonyl (C=O) groups excluding carboxylic acids is 3. The maximum atomic E-state index is 14.0. The van der Waals surface area contributed by atoms with Crippen LogP contribution in [-0.4, -0.2) is 65.1 Å². The van der Waals surface area contributed by atoms with Gasteiger partial charge in [0.15, 0.2) is 5.60 Å². The Morgan fingerprint density at radius 2 is 1.90 bits per heavy atom. The summed E-state index contributed by atoms with van der Waals surface area (Å²) in [7, 11) is 0. The van der Waals surface area contributed by atoms with Crippen LogP contribution in [0.4, 0.5) is 11.4 Å². The summed E-state index contributed by atoms with van der Waals surface area (Å²) in [6, 6.07) is 5.37. The molecule has 0 aliphatic carbocycles. The summed E-state index contributed by atoms with van der Waals surface area (Å²) in [5, 5.41) is 21.7. The van der Waals surface area contributed by atoms with Crippen molar-refractivity contribution in [3.8, 4) is 0 Å². The molecular weight excluding hydrogens is 530 g/mol. The Labute approximate surface area is 250 Å². The molecule has 0 radical (unpaired) electrons. The first-order chi connectivity index (χ1) is 20.1. The van der Waals surface area contributed by atoms with E-state index >= 15 is 0 Å². The van der Waals surface area contributed by atoms with Crippen LogP contribution in [-0.2, 0) is 20.0 Å². The largest absolute Gasteiger partial charge is 0.394 e. The Morgan fingerprint density at radius 1 is 1.12 bits per heavy atom. The van der Waals surface area contributed by atoms with E-state index in [2.05, 4.69) is 26.8 Å². The number of aliphatic hydroxyl groups excluding tert-OH is 1. The molecule has 0 aromatic heterocycles. The van der Waals surface area contributed by atoms with Gasteiger partial charge in [-0.2, -0.15) is 0 Å². The summed E-state index contributed by atoms with van der Waals surface area (Å²) in [5.74, 6) is -1.04. The van der Waals surface area contributed by atoms with Gasteiger partial charge in [-0.3, -0.25) is 14.4 Å². The number of benzene rings is 1. The molecule has 3 aliphatic rings. The third-order valence-electron chi connectivity index (χ3n) is 8.89. The van der Waals surface area contributed by atoms with Crippen LogP contribution in [0.1, 0.15) is 84.6 Å². The molecule has 3 aliphatic heterocycles. The quantitative estimate of drug-likeness (QED) is 0.361. The number of allylic oxidation sites excluding steroid dienone is 3. The number of amides is 3. The Bertz CT molecular complexity index is 1260. The third kappa shape index (κ3) is 6.70. The van der Waals surface area contributed by atoms with Crippen LogP contribution < -0.4 is 9.80 Å². The Balaban J connectivity index is 1.60. The van der Waals surface area contributed by atoms with E-state index in [0.717, 1.165) is 38.5 Å². The molecule has 0 spiro atoms. The zero-order valence-corrected chi connectivity index (χ0v) is 25.6. The number of fused-ring (bicyclic) bond motifs is 1. The lowest BCUT2D eigenvalue weighted by Crippen LogP contribution is -2.44. The van der Waals surface area contributed by atoms with Crippen molar-refractivity contribution in [1.29, 1.82) is 0 Å². The number of anilines is 2. The predicted molar refractivity (Wildman–Crippen MR) is 166 cm³/mol. The van der Waals surface area contributed by atoms with Crippen LogP contribution >= 0.6 is 0 Å². The van der Waals surface area contributed by atoms with Gasteiger partial charge in [-0.1, -0.05) is 42.4 Å². The maximum absolute atomic E-state index is 14.0. The molecule has 0 bridgehead atoms. The summed E-state index contributed by atoms with van der Waals surface area (Å²) in [5.41, 5.74) is 2.43. The van der Waals surface area contributed by atoms with Crippen LogP contribution in [0, 0.1) is 5.92 Å². The number of carbonyl (C=O) groups is 3. The standard InChI is InChI=1S/C34H47N3O5/c1-24(2)10-7-11-25(3)18-21-37-30-17-16-27(35-19-6-5-14-31(35)39)22-29(30)34(42,33(37)41)26(4)12-8-15-32(40)36-20-9-13-28(36)23-38/h8,10,12,16-18,22,26,28,38,42H,5-7,9,11,13-15,19-21,23H2,1-4H3/b12-8+,25-18+/t26-,28+,34+/m1/s1. The first kappa shape index (κ1) is 31.7. The molecule has 2 fully saturated rings. The van der Waals surface area contributed by atoms with E-state index in [1.807, 2.05) is 18.2 Å². The van der Waals surface area contributed by atoms with Gasteiger partial charge < -0.3 is 24.9 Å². The van der Waals surface area contributed by atoms with Crippen molar-refractivity contribution >= 4 is 29.1 Å². The summed E-state index contributed by atoms with van der Waals surface area (Å²) < 4.78 is 0. The van der Waals surface area contributed by atoms with Crippen LogP contribution in [0.15, 0.2) is 53.6 Å². The first-order valence-corrected chi connectivity index (χ1v) is 15.4. The average molecular weight is 578 g/mol. The number of hydrogen-bond donors (Lipinski definition) is 2. The second-order valence-corrected chi connectivity index (χ2v) is 12.2. The summed E-state index contributed by atoms with van der Waals surface area (Å²) in [6.07, 6.45) is 13.6. The van der Waals surface area contributed by atoms with Gasteiger partial charge in [0.2, 0.25) is 11.8 Å². The van der Waals surface area contributed by atoms with Crippen molar-refractivity contribution in [2.45, 2.75) is 90.7 Å². The van der Waals surface area contributed by atoms with Crippen LogP contribution in [0.2, 0.25) is 0 Å². The molecule has 2 N–H and O–H groups in total. The average Bonchev–Trinajstić information content (AvgIpc) is 3.53. The van der Waals surface area contributed by atoms with E-state index in [1.54, 1.807) is 39.8 Å². The smallest absolute Gasteiger partial charge is 0.264 e. The Morgan fingerprint density at radius 3 is 2.62 bits per heavy atom. The van der Waals surface area contributed by atoms with Crippen molar-refractivity contribution in [1.82, 2.24) is 4.90 Å². The molecule has 2 saturated heterocycles. The molecule has 0 unspecified atom stereocenters. The van der Waals surface area contributed by atoms with E-state index in [1.165, 1.54) is 11.1 Å². The number of piperidine rings is 1. The Kier molecular flexibility index (Phi) is 10.4. The normalized spacial score (nSPS) is 23.6. The van der Waals surface area contributed by atoms with E-state index in [4.69, 9.17) is 0 Å². The van der Waals surface area contributed by atoms with Gasteiger partial charge >= 0.3 is 0 Å². The van der Waals surface area contributed by atoms with E-state index in [-0.39, 0.29) is 30.9 Å². The van der Waals surface area contributed by atoms with Gasteiger partial charge in [-0.05, 0) is 77.5 Å². The zero-order chi connectivity index (χ0) is 30.4. The lowest BCUT2D eigenvalue weighted by molar-refractivity contribution is -0.139. The minimum atomic E-state index is -1.84. The minimum absolute atomic E-state index is 0.0442. The van der Waals surface area contributed by atoms with Gasteiger partial charge in [0.05, 0.1) is 18.3 Å². The van der Waals surface area contributed by atoms with Crippen LogP contribution in [0.25, 0.3) is 0 Å². The highest BCUT2D eigenvalue weighted by Gasteiger charge is 2.52. The molecule has 3 atom stereocenters. The molecule has 1 aromatic carbocycles. The van der Waals surface area contributed by atoms with Crippen molar-refractivity contribution < 1.29 is 24.6 Å². The van der Waals surface area contributed by atoms with Gasteiger partial charge in [0, 0.05) is 49.6 Å². The fourth-order valence-electron chi connectivity index (χ4n) is 6.28. The van der Waals surface area contributed by atoms with Gasteiger partial charge in [0.25, 0.3) is 5.91 Å². The van der Waals surface area contributed by atoms with Crippen molar-refractivity contribution in [2.75, 3.05) is 36.0 Å². The van der Waals surface area contributed by atoms with Gasteiger partial charge in [0.1, 0.15) is 0 Å². The second-order valence-electron chi connectivity index (χ2n) is 12.2. The molecule has 42 heavy (non-hydrogen) atoms. The third-order valence-corrected chi connectivity index (χ3v) is 8.89. The first-order valence-electron chi connectivity index (χ1n) is 15.4. The maximum Gasteiger partial charge on any atom is 0.264 e. The Hall–Kier alpha value is -3.23. The lowest BCUT2D eigenvalue weighted by Gasteiger charge is -2.30. The second kappa shape index (κ2) is 13.8. The van der Waals surface area contributed by atoms with Crippen LogP contribution in [0.5, 0.6) is 0 Å². The fourth-order valence-corrected chi connectivity index (χ4v) is 6.28. The summed E-state index contributed by atoms with van der Waals surface area (Å²) >= 11 is 0. The molecule has 228 valence electrons. The summed E-state index contributed by atoms with van der Waals surface area (Å²) in [4.78, 5) is 44.6. The minimum Gasteiger partial charge on any atom is -0.394 e. The molecule has 0 saturated carbocycles. The molecule has 3 heterocycles. The van der Waals surface area contributed by atoms with Crippen LogP contribution in [0.3, 0.4) is 0 Å². The molecule has 8 heteroatoms. The van der Waals surface area contributed by atoms with E-state index in [9.17, 15) is 24.6 Å². The molecular formula is C34H47N3O5. The molecule has 8 nitrogen and oxygen atoms in total. The number of aliphatic hydroxyl groups is 2. The summed E-state index contributed by atoms with van der Waals surface area (Å²) in [6.45, 7) is 9.55. The lowest BCUT2D eigenvalue weighted by atomic mass is 9.82. The van der Waals surface area contributed by atoms with E-state index < -0.39 is 17.4 Å². The highest BCUT2D eigenvalue weighted by molar-refractivity contribution is 6.08. The van der Waals surface area contributed by atoms with Crippen molar-refractivity contribution in [3.63, 3.8) is 0 Å². The van der Waals surface area contributed by atoms with Gasteiger partial charge in [-0.15, -0.1) is 0 Å². The number of nitrogens with zero attached hydrogens (tertiary/aromatic N) is 3. The predicted octanol–water partition coefficient (Wildman–Crippen LogP) is 5.00. The topological polar surface area (TPSA) is 101 Å². The van der Waals surface area contributed by atoms with Crippen molar-refractivity contribution in [3.05, 3.63) is 59.2 Å². The molecule has 4 rings (SSSR count). The number of rotatable bonds is 11. The highest BCUT2D eigenvalue weighted by Crippen LogP contribution is 2.47. The monoisotopic (exact) mass is 577 g/mol. The van der Waals surface area contributed by atoms with Crippen molar-refractivity contribution in [2.24, 2.45) is 5.92 Å². The van der Waals surface area contributed by atoms with E-state index in [0.29, 0.717) is 43.0 Å². The SMILES string of the molecule is CC(C)=CCC/C(C)=C/CN1C(=O)[C@](O)([C@H](C)/C=C/CC(=O)N2CCC[C@H]2CO)c2cc(N3CCCCC3=O)ccc21. The number of likely N-dealkylation sites (tertiary alicyclic amines) is 1. The zero-order valence-electron chi connectivity index (χ0n) is 25.6. The number of hydrogen-bond acceptors (Lipinski definition) is 5. The molecule has 1 aromatic rings. The van der Waals surface area contributed by atoms with Gasteiger partial charge in [-0.25, -0.2) is 0 Å². The fraction of sp³-hybridized carbons (Fsp3) is 0.559.